The number of piperidine rings is 1. The van der Waals surface area contributed by atoms with E-state index in [1.165, 1.54) is 87.7 Å². The fourth-order valence-electron chi connectivity index (χ4n) is 10.9. The standard InChI is InChI=1S/C63H105N11O13/c1-20-40(6)53-56(80)65-46(37-87-63(10,11)12)54(78)64-45(59(83)74-29-25-22-26-30-74)34-50(76)67(13)35-41(7)57(81)71(17)49(33-44-27-23-21-24-28-44)60(84)68(14)36-51(77)70(16)47(31-38(2)3)55(79)66-52(43(9)75)62(86)69(15)42(8)58(82)72(18)48(32-39(4)5)61(85)73(53)19/h21,23-24,27-28,38-43,45-49,52-53,75H,20,22,25-26,29-37H2,1-19H3,(H,64,78)(H,65,80)(H,66,79)/t40-,41+,42-,43+,45-,46-,47-,48-,49-,52-,53-/m0/s1. The average Bonchev–Trinajstić information content (AvgIpc) is 3.43. The zero-order valence-corrected chi connectivity index (χ0v) is 55.5. The van der Waals surface area contributed by atoms with E-state index >= 15 is 4.79 Å². The summed E-state index contributed by atoms with van der Waals surface area (Å²) >= 11 is 0. The molecule has 0 spiro atoms. The molecule has 0 bridgehead atoms. The van der Waals surface area contributed by atoms with Crippen molar-refractivity contribution in [1.29, 1.82) is 0 Å². The van der Waals surface area contributed by atoms with Crippen LogP contribution in [0.2, 0.25) is 0 Å². The molecule has 2 aliphatic rings. The van der Waals surface area contributed by atoms with Gasteiger partial charge in [0.1, 0.15) is 48.3 Å². The molecule has 0 unspecified atom stereocenters. The number of nitrogens with one attached hydrogen (secondary N) is 3. The number of amides is 11. The van der Waals surface area contributed by atoms with Crippen LogP contribution in [0.5, 0.6) is 0 Å². The van der Waals surface area contributed by atoms with E-state index in [1.54, 1.807) is 69.9 Å². The van der Waals surface area contributed by atoms with E-state index in [0.29, 0.717) is 37.9 Å². The van der Waals surface area contributed by atoms with E-state index in [2.05, 4.69) is 16.0 Å². The number of aliphatic hydroxyl groups excluding tert-OH is 1. The third-order valence-electron chi connectivity index (χ3n) is 16.7. The average molecular weight is 1220 g/mol. The molecule has 2 saturated heterocycles. The largest absolute Gasteiger partial charge is 0.391 e. The van der Waals surface area contributed by atoms with E-state index in [4.69, 9.17) is 4.74 Å². The Balaban J connectivity index is 2.29. The molecule has 0 aliphatic carbocycles. The van der Waals surface area contributed by atoms with Gasteiger partial charge in [-0.1, -0.05) is 85.2 Å². The first-order valence-corrected chi connectivity index (χ1v) is 30.8. The van der Waals surface area contributed by atoms with Crippen LogP contribution >= 0.6 is 0 Å². The quantitative estimate of drug-likeness (QED) is 0.234. The van der Waals surface area contributed by atoms with Gasteiger partial charge in [-0.3, -0.25) is 52.7 Å². The predicted octanol–water partition coefficient (Wildman–Crippen LogP) is 2.14. The second-order valence-corrected chi connectivity index (χ2v) is 26.0. The van der Waals surface area contributed by atoms with Gasteiger partial charge in [0.05, 0.1) is 37.2 Å². The van der Waals surface area contributed by atoms with Crippen LogP contribution in [-0.4, -0.2) is 251 Å². The summed E-state index contributed by atoms with van der Waals surface area (Å²) in [6.45, 7) is 20.2. The van der Waals surface area contributed by atoms with Crippen molar-refractivity contribution in [2.75, 3.05) is 82.1 Å². The summed E-state index contributed by atoms with van der Waals surface area (Å²) in [4.78, 5) is 171. The van der Waals surface area contributed by atoms with Crippen molar-refractivity contribution in [3.63, 3.8) is 0 Å². The van der Waals surface area contributed by atoms with Gasteiger partial charge in [-0.25, -0.2) is 0 Å². The molecule has 4 N–H and O–H groups in total. The highest BCUT2D eigenvalue weighted by Crippen LogP contribution is 2.23. The second kappa shape index (κ2) is 33.6. The molecule has 2 fully saturated rings. The normalized spacial score (nSPS) is 26.4. The lowest BCUT2D eigenvalue weighted by molar-refractivity contribution is -0.154. The van der Waals surface area contributed by atoms with Crippen molar-refractivity contribution < 1.29 is 62.6 Å². The van der Waals surface area contributed by atoms with E-state index < -0.39 is 150 Å². The molecule has 2 aliphatic heterocycles. The fourth-order valence-corrected chi connectivity index (χ4v) is 10.9. The van der Waals surface area contributed by atoms with Crippen LogP contribution in [0, 0.1) is 23.7 Å². The number of likely N-dealkylation sites (tertiary alicyclic amines) is 1. The predicted molar refractivity (Wildman–Crippen MR) is 330 cm³/mol. The minimum atomic E-state index is -1.62. The van der Waals surface area contributed by atoms with Crippen LogP contribution in [0.25, 0.3) is 0 Å². The number of benzene rings is 1. The smallest absolute Gasteiger partial charge is 0.248 e. The second-order valence-electron chi connectivity index (χ2n) is 26.0. The molecule has 0 aromatic heterocycles. The maximum absolute atomic E-state index is 15.0. The number of aliphatic hydroxyl groups is 1. The number of carbonyl (C=O) groups is 11. The first-order chi connectivity index (χ1) is 40.4. The highest BCUT2D eigenvalue weighted by molar-refractivity contribution is 5.99. The zero-order chi connectivity index (χ0) is 66.1. The molecule has 490 valence electrons. The van der Waals surface area contributed by atoms with Gasteiger partial charge in [-0.05, 0) is 90.0 Å². The Kier molecular flexibility index (Phi) is 28.8. The molecule has 2 heterocycles. The number of rotatable bonds is 12. The molecule has 0 saturated carbocycles. The van der Waals surface area contributed by atoms with Crippen LogP contribution in [0.15, 0.2) is 30.3 Å². The highest BCUT2D eigenvalue weighted by atomic mass is 16.5. The van der Waals surface area contributed by atoms with Crippen LogP contribution in [-0.2, 0) is 63.9 Å². The van der Waals surface area contributed by atoms with Gasteiger partial charge in [-0.2, -0.15) is 0 Å². The minimum Gasteiger partial charge on any atom is -0.391 e. The number of carbonyl (C=O) groups excluding carboxylic acids is 11. The first kappa shape index (κ1) is 74.6. The molecule has 0 radical (unpaired) electrons. The molecule has 1 aromatic carbocycles. The molecule has 24 nitrogen and oxygen atoms in total. The fraction of sp³-hybridized carbons (Fsp3) is 0.730. The lowest BCUT2D eigenvalue weighted by atomic mass is 9.94. The molecule has 3 rings (SSSR count). The molecule has 87 heavy (non-hydrogen) atoms. The van der Waals surface area contributed by atoms with Gasteiger partial charge in [0.25, 0.3) is 0 Å². The summed E-state index contributed by atoms with van der Waals surface area (Å²) in [6.07, 6.45) is 0.877. The van der Waals surface area contributed by atoms with Crippen LogP contribution in [0.3, 0.4) is 0 Å². The van der Waals surface area contributed by atoms with Crippen LogP contribution in [0.4, 0.5) is 0 Å². The Bertz CT molecular complexity index is 2540. The van der Waals surface area contributed by atoms with E-state index in [0.717, 1.165) is 16.2 Å². The molecular weight excluding hydrogens is 1120 g/mol. The number of hydrogen-bond donors (Lipinski definition) is 4. The van der Waals surface area contributed by atoms with Gasteiger partial charge >= 0.3 is 0 Å². The zero-order valence-electron chi connectivity index (χ0n) is 55.5. The summed E-state index contributed by atoms with van der Waals surface area (Å²) in [5.41, 5.74) is -0.127. The Morgan fingerprint density at radius 3 is 1.72 bits per heavy atom. The summed E-state index contributed by atoms with van der Waals surface area (Å²) in [6, 6.07) is -1.66. The van der Waals surface area contributed by atoms with Crippen molar-refractivity contribution in [3.8, 4) is 0 Å². The summed E-state index contributed by atoms with van der Waals surface area (Å²) in [7, 11) is 9.89. The number of hydrogen-bond acceptors (Lipinski definition) is 13. The van der Waals surface area contributed by atoms with Crippen molar-refractivity contribution in [2.24, 2.45) is 23.7 Å². The van der Waals surface area contributed by atoms with Gasteiger partial charge in [0, 0.05) is 75.4 Å². The SMILES string of the molecule is CC[C@H](C)[C@H]1C(=O)N[C@@H](COC(C)(C)C)C(=O)N[C@H](C(=O)N2CCCCC2)CC(=O)N(C)C[C@@H](C)C(=O)N(C)[C@@H](Cc2ccccc2)C(=O)N(C)CC(=O)N(C)[C@@H](CC(C)C)C(=O)N[C@@H]([C@@H](C)O)C(=O)N(C)[C@@H](C)C(=O)N(C)[C@@H](CC(C)C)C(=O)N1C. The molecule has 1 aromatic rings. The Labute approximate surface area is 517 Å². The monoisotopic (exact) mass is 1220 g/mol. The minimum absolute atomic E-state index is 0.0354. The third kappa shape index (κ3) is 21.3. The first-order valence-electron chi connectivity index (χ1n) is 30.8. The van der Waals surface area contributed by atoms with Crippen molar-refractivity contribution in [2.45, 2.75) is 194 Å². The highest BCUT2D eigenvalue weighted by Gasteiger charge is 2.43. The number of likely N-dealkylation sites (N-methyl/N-ethyl adjacent to an activating group) is 6. The summed E-state index contributed by atoms with van der Waals surface area (Å²) < 4.78 is 6.11. The molecule has 11 atom stereocenters. The van der Waals surface area contributed by atoms with Gasteiger partial charge < -0.3 is 65.0 Å². The van der Waals surface area contributed by atoms with E-state index in [1.807, 2.05) is 34.6 Å². The van der Waals surface area contributed by atoms with E-state index in [-0.39, 0.29) is 44.2 Å². The topological polar surface area (TPSA) is 279 Å². The van der Waals surface area contributed by atoms with Crippen LogP contribution < -0.4 is 16.0 Å². The maximum atomic E-state index is 15.0. The Morgan fingerprint density at radius 2 is 1.18 bits per heavy atom. The number of nitrogens with zero attached hydrogens (tertiary/aromatic N) is 8. The van der Waals surface area contributed by atoms with Gasteiger partial charge in [-0.15, -0.1) is 0 Å². The maximum Gasteiger partial charge on any atom is 0.248 e. The Morgan fingerprint density at radius 1 is 0.621 bits per heavy atom. The lowest BCUT2D eigenvalue weighted by Crippen LogP contribution is -2.62. The van der Waals surface area contributed by atoms with Crippen LogP contribution in [0.1, 0.15) is 134 Å². The number of ether oxygens (including phenoxy) is 1. The molecule has 11 amide bonds. The van der Waals surface area contributed by atoms with Crippen molar-refractivity contribution in [1.82, 2.24) is 55.1 Å². The Hall–Kier alpha value is -6.69. The summed E-state index contributed by atoms with van der Waals surface area (Å²) in [5, 5.41) is 19.3. The van der Waals surface area contributed by atoms with Crippen molar-refractivity contribution in [3.05, 3.63) is 35.9 Å². The van der Waals surface area contributed by atoms with Gasteiger partial charge in [0.15, 0.2) is 0 Å². The molecular formula is C63H105N11O13. The van der Waals surface area contributed by atoms with Gasteiger partial charge in [0.2, 0.25) is 65.0 Å². The summed E-state index contributed by atoms with van der Waals surface area (Å²) in [5.74, 6) is -9.27. The van der Waals surface area contributed by atoms with Crippen molar-refractivity contribution >= 4 is 65.0 Å². The van der Waals surface area contributed by atoms with E-state index in [9.17, 15) is 53.1 Å². The third-order valence-corrected chi connectivity index (χ3v) is 16.7. The molecule has 24 heteroatoms. The lowest BCUT2D eigenvalue weighted by Gasteiger charge is -2.39.